The van der Waals surface area contributed by atoms with Gasteiger partial charge < -0.3 is 4.57 Å². The first-order valence-corrected chi connectivity index (χ1v) is 22.7. The van der Waals surface area contributed by atoms with Crippen LogP contribution in [0.3, 0.4) is 0 Å². The predicted molar refractivity (Wildman–Crippen MR) is 273 cm³/mol. The molecule has 316 valence electrons. The monoisotopic (exact) mass is 858 g/mol. The standard InChI is InChI=1S/C61H42N6/c1-6-19-41(20-7-1)45-35-36-55-52(39-45)57-51(33-18-34-56(57)67(55)50-31-14-5-15-32-50)46-27-16-29-48(37-46)60-62-53(42-21-8-2-9-22-42)40-54(63-60)47-28-17-30-49(38-47)61-65-58(43-23-10-3-11-24-43)64-59(66-61)44-25-12-4-13-26-44/h1-25,27-40,44H,26H2. The molecule has 0 aliphatic heterocycles. The van der Waals surface area contributed by atoms with E-state index in [2.05, 4.69) is 193 Å². The summed E-state index contributed by atoms with van der Waals surface area (Å²) < 4.78 is 2.38. The molecular formula is C61H42N6. The fourth-order valence-corrected chi connectivity index (χ4v) is 9.28. The lowest BCUT2D eigenvalue weighted by molar-refractivity contribution is 0.764. The van der Waals surface area contributed by atoms with E-state index < -0.39 is 0 Å². The van der Waals surface area contributed by atoms with E-state index >= 15 is 0 Å². The molecule has 0 saturated heterocycles. The first kappa shape index (κ1) is 39.7. The molecular weight excluding hydrogens is 817 g/mol. The van der Waals surface area contributed by atoms with Crippen LogP contribution in [-0.2, 0) is 0 Å². The average Bonchev–Trinajstić information content (AvgIpc) is 3.76. The zero-order valence-electron chi connectivity index (χ0n) is 36.5. The molecule has 1 aliphatic rings. The highest BCUT2D eigenvalue weighted by Gasteiger charge is 2.20. The normalized spacial score (nSPS) is 13.3. The molecule has 3 aromatic heterocycles. The van der Waals surface area contributed by atoms with E-state index in [1.807, 2.05) is 48.5 Å². The molecule has 8 aromatic carbocycles. The SMILES string of the molecule is C1=CCC(c2nc(-c3ccccc3)nc(-c3cccc(-c4cc(-c5ccccc5)nc(-c5cccc(-c6cccc7c6c6cc(-c8ccccc8)ccc6n7-c6ccccc6)c5)n4)c3)n2)C=C1. The van der Waals surface area contributed by atoms with Gasteiger partial charge in [0, 0.05) is 50.2 Å². The molecule has 1 unspecified atom stereocenters. The molecule has 11 aromatic rings. The van der Waals surface area contributed by atoms with Crippen LogP contribution in [0, 0.1) is 0 Å². The van der Waals surface area contributed by atoms with Gasteiger partial charge in [0.15, 0.2) is 17.5 Å². The number of para-hydroxylation sites is 1. The maximum atomic E-state index is 5.34. The summed E-state index contributed by atoms with van der Waals surface area (Å²) in [5.74, 6) is 2.73. The van der Waals surface area contributed by atoms with Crippen LogP contribution in [0.25, 0.3) is 106 Å². The fraction of sp³-hybridized carbons (Fsp3) is 0.0328. The minimum absolute atomic E-state index is 0.0623. The number of hydrogen-bond acceptors (Lipinski definition) is 5. The Hall–Kier alpha value is -8.87. The molecule has 6 heteroatoms. The highest BCUT2D eigenvalue weighted by molar-refractivity contribution is 6.16. The lowest BCUT2D eigenvalue weighted by atomic mass is 9.96. The van der Waals surface area contributed by atoms with Crippen LogP contribution in [0.2, 0.25) is 0 Å². The maximum absolute atomic E-state index is 5.34. The van der Waals surface area contributed by atoms with Gasteiger partial charge in [0.1, 0.15) is 5.82 Å². The largest absolute Gasteiger partial charge is 0.309 e. The summed E-state index contributed by atoms with van der Waals surface area (Å²) in [5, 5.41) is 2.39. The van der Waals surface area contributed by atoms with Crippen molar-refractivity contribution in [2.45, 2.75) is 12.3 Å². The summed E-state index contributed by atoms with van der Waals surface area (Å²) in [7, 11) is 0. The second kappa shape index (κ2) is 17.3. The molecule has 0 fully saturated rings. The van der Waals surface area contributed by atoms with Gasteiger partial charge >= 0.3 is 0 Å². The number of hydrogen-bond donors (Lipinski definition) is 0. The third-order valence-corrected chi connectivity index (χ3v) is 12.6. The first-order chi connectivity index (χ1) is 33.2. The van der Waals surface area contributed by atoms with E-state index in [0.29, 0.717) is 17.5 Å². The van der Waals surface area contributed by atoms with Crippen molar-refractivity contribution in [1.82, 2.24) is 29.5 Å². The van der Waals surface area contributed by atoms with E-state index in [1.165, 1.54) is 21.9 Å². The van der Waals surface area contributed by atoms with E-state index in [0.717, 1.165) is 79.3 Å². The molecule has 0 amide bonds. The van der Waals surface area contributed by atoms with Crippen LogP contribution >= 0.6 is 0 Å². The summed E-state index contributed by atoms with van der Waals surface area (Å²) in [6, 6.07) is 74.3. The van der Waals surface area contributed by atoms with Gasteiger partial charge in [-0.25, -0.2) is 24.9 Å². The van der Waals surface area contributed by atoms with Crippen molar-refractivity contribution in [2.75, 3.05) is 0 Å². The number of benzene rings is 8. The molecule has 3 heterocycles. The quantitative estimate of drug-likeness (QED) is 0.145. The van der Waals surface area contributed by atoms with Gasteiger partial charge in [-0.3, -0.25) is 0 Å². The Bertz CT molecular complexity index is 3650. The summed E-state index contributed by atoms with van der Waals surface area (Å²) in [5.41, 5.74) is 14.4. The molecule has 67 heavy (non-hydrogen) atoms. The highest BCUT2D eigenvalue weighted by Crippen LogP contribution is 2.41. The van der Waals surface area contributed by atoms with Gasteiger partial charge in [-0.1, -0.05) is 188 Å². The molecule has 0 N–H and O–H groups in total. The van der Waals surface area contributed by atoms with Gasteiger partial charge in [-0.2, -0.15) is 0 Å². The van der Waals surface area contributed by atoms with Gasteiger partial charge in [-0.05, 0) is 77.2 Å². The van der Waals surface area contributed by atoms with Crippen molar-refractivity contribution in [3.8, 4) is 84.6 Å². The third kappa shape index (κ3) is 7.70. The van der Waals surface area contributed by atoms with Crippen LogP contribution in [0.4, 0.5) is 0 Å². The van der Waals surface area contributed by atoms with E-state index in [4.69, 9.17) is 24.9 Å². The fourth-order valence-electron chi connectivity index (χ4n) is 9.28. The van der Waals surface area contributed by atoms with E-state index in [9.17, 15) is 0 Å². The van der Waals surface area contributed by atoms with Crippen molar-refractivity contribution in [1.29, 1.82) is 0 Å². The Morgan fingerprint density at radius 2 is 0.940 bits per heavy atom. The predicted octanol–water partition coefficient (Wildman–Crippen LogP) is 15.0. The van der Waals surface area contributed by atoms with Gasteiger partial charge in [0.25, 0.3) is 0 Å². The summed E-state index contributed by atoms with van der Waals surface area (Å²) in [4.78, 5) is 25.7. The molecule has 0 spiro atoms. The number of allylic oxidation sites excluding steroid dienone is 4. The lowest BCUT2D eigenvalue weighted by Gasteiger charge is -2.15. The van der Waals surface area contributed by atoms with Gasteiger partial charge in [0.2, 0.25) is 0 Å². The zero-order chi connectivity index (χ0) is 44.5. The maximum Gasteiger partial charge on any atom is 0.163 e. The van der Waals surface area contributed by atoms with E-state index in [1.54, 1.807) is 0 Å². The van der Waals surface area contributed by atoms with Crippen molar-refractivity contribution in [3.05, 3.63) is 242 Å². The third-order valence-electron chi connectivity index (χ3n) is 12.6. The Kier molecular flexibility index (Phi) is 10.2. The zero-order valence-corrected chi connectivity index (χ0v) is 36.5. The van der Waals surface area contributed by atoms with Crippen LogP contribution in [0.5, 0.6) is 0 Å². The molecule has 0 radical (unpaired) electrons. The Labute approximate surface area is 389 Å². The van der Waals surface area contributed by atoms with Gasteiger partial charge in [-0.15, -0.1) is 0 Å². The number of nitrogens with zero attached hydrogens (tertiary/aromatic N) is 6. The second-order valence-electron chi connectivity index (χ2n) is 16.8. The topological polar surface area (TPSA) is 69.4 Å². The van der Waals surface area contributed by atoms with Crippen LogP contribution in [0.15, 0.2) is 237 Å². The number of aromatic nitrogens is 6. The van der Waals surface area contributed by atoms with Crippen LogP contribution < -0.4 is 0 Å². The van der Waals surface area contributed by atoms with Gasteiger partial charge in [0.05, 0.1) is 22.4 Å². The van der Waals surface area contributed by atoms with Crippen molar-refractivity contribution in [2.24, 2.45) is 0 Å². The Balaban J connectivity index is 0.995. The summed E-state index contributed by atoms with van der Waals surface area (Å²) in [6.45, 7) is 0. The van der Waals surface area contributed by atoms with Crippen molar-refractivity contribution in [3.63, 3.8) is 0 Å². The molecule has 6 nitrogen and oxygen atoms in total. The van der Waals surface area contributed by atoms with Crippen LogP contribution in [-0.4, -0.2) is 29.5 Å². The highest BCUT2D eigenvalue weighted by atomic mass is 15.0. The Morgan fingerprint density at radius 3 is 1.64 bits per heavy atom. The lowest BCUT2D eigenvalue weighted by Crippen LogP contribution is -2.07. The van der Waals surface area contributed by atoms with Crippen molar-refractivity contribution >= 4 is 21.8 Å². The second-order valence-corrected chi connectivity index (χ2v) is 16.8. The molecule has 1 aliphatic carbocycles. The molecule has 0 bridgehead atoms. The Morgan fingerprint density at radius 1 is 0.373 bits per heavy atom. The molecule has 12 rings (SSSR count). The summed E-state index contributed by atoms with van der Waals surface area (Å²) in [6.07, 6.45) is 9.31. The molecule has 1 atom stereocenters. The first-order valence-electron chi connectivity index (χ1n) is 22.7. The minimum atomic E-state index is 0.0623. The van der Waals surface area contributed by atoms with Crippen LogP contribution in [0.1, 0.15) is 18.2 Å². The minimum Gasteiger partial charge on any atom is -0.309 e. The average molecular weight is 859 g/mol. The van der Waals surface area contributed by atoms with E-state index in [-0.39, 0.29) is 5.92 Å². The van der Waals surface area contributed by atoms with Crippen molar-refractivity contribution < 1.29 is 0 Å². The number of rotatable bonds is 9. The summed E-state index contributed by atoms with van der Waals surface area (Å²) >= 11 is 0. The smallest absolute Gasteiger partial charge is 0.163 e. The number of fused-ring (bicyclic) bond motifs is 3. The molecule has 0 saturated carbocycles.